The number of carbonyl (C=O) groups excluding carboxylic acids is 3. The fourth-order valence-electron chi connectivity index (χ4n) is 3.54. The molecule has 0 bridgehead atoms. The number of piperidine rings is 1. The lowest BCUT2D eigenvalue weighted by Gasteiger charge is -2.38. The predicted molar refractivity (Wildman–Crippen MR) is 94.8 cm³/mol. The topological polar surface area (TPSA) is 60.9 Å². The quantitative estimate of drug-likeness (QED) is 0.767. The normalized spacial score (nSPS) is 20.9. The van der Waals surface area contributed by atoms with Crippen LogP contribution in [0, 0.1) is 11.7 Å². The minimum absolute atomic E-state index is 0.0265. The standard InChI is InChI=1S/C19H22FN3O3/c1-2-17(24)21-8-4-5-14(12-21)19(26)22-9-10-23(18(25)13-22)16-7-3-6-15(20)11-16/h2-3,6-7,11,14H,1,4-5,8-10,12-13H2. The molecule has 138 valence electrons. The smallest absolute Gasteiger partial charge is 0.246 e. The van der Waals surface area contributed by atoms with E-state index in [1.54, 1.807) is 21.9 Å². The third-order valence-corrected chi connectivity index (χ3v) is 4.91. The van der Waals surface area contributed by atoms with Crippen LogP contribution >= 0.6 is 0 Å². The number of carbonyl (C=O) groups is 3. The summed E-state index contributed by atoms with van der Waals surface area (Å²) in [5, 5.41) is 0. The van der Waals surface area contributed by atoms with Crippen molar-refractivity contribution in [1.29, 1.82) is 0 Å². The molecule has 7 heteroatoms. The highest BCUT2D eigenvalue weighted by Crippen LogP contribution is 2.22. The van der Waals surface area contributed by atoms with Crippen molar-refractivity contribution in [2.75, 3.05) is 37.6 Å². The number of hydrogen-bond acceptors (Lipinski definition) is 3. The highest BCUT2D eigenvalue weighted by molar-refractivity contribution is 5.98. The summed E-state index contributed by atoms with van der Waals surface area (Å²) in [5.74, 6) is -1.19. The number of piperazine rings is 1. The van der Waals surface area contributed by atoms with Crippen LogP contribution in [0.4, 0.5) is 10.1 Å². The summed E-state index contributed by atoms with van der Waals surface area (Å²) >= 11 is 0. The first-order valence-corrected chi connectivity index (χ1v) is 8.75. The van der Waals surface area contributed by atoms with Crippen molar-refractivity contribution >= 4 is 23.4 Å². The van der Waals surface area contributed by atoms with Gasteiger partial charge in [0.1, 0.15) is 12.4 Å². The van der Waals surface area contributed by atoms with Gasteiger partial charge in [-0.15, -0.1) is 0 Å². The van der Waals surface area contributed by atoms with Crippen LogP contribution in [0.15, 0.2) is 36.9 Å². The third-order valence-electron chi connectivity index (χ3n) is 4.91. The van der Waals surface area contributed by atoms with E-state index in [1.165, 1.54) is 23.1 Å². The highest BCUT2D eigenvalue weighted by Gasteiger charge is 2.34. The van der Waals surface area contributed by atoms with Gasteiger partial charge in [-0.25, -0.2) is 4.39 Å². The van der Waals surface area contributed by atoms with Gasteiger partial charge in [-0.05, 0) is 37.1 Å². The van der Waals surface area contributed by atoms with E-state index < -0.39 is 5.82 Å². The van der Waals surface area contributed by atoms with Gasteiger partial charge in [-0.2, -0.15) is 0 Å². The van der Waals surface area contributed by atoms with Gasteiger partial charge in [0, 0.05) is 31.9 Å². The van der Waals surface area contributed by atoms with Crippen LogP contribution in [0.25, 0.3) is 0 Å². The molecule has 0 saturated carbocycles. The lowest BCUT2D eigenvalue weighted by atomic mass is 9.96. The third kappa shape index (κ3) is 3.76. The van der Waals surface area contributed by atoms with E-state index in [0.717, 1.165) is 6.42 Å². The molecule has 2 aliphatic heterocycles. The van der Waals surface area contributed by atoms with E-state index in [1.807, 2.05) is 0 Å². The molecule has 2 fully saturated rings. The Kier molecular flexibility index (Phi) is 5.35. The van der Waals surface area contributed by atoms with Crippen molar-refractivity contribution < 1.29 is 18.8 Å². The molecule has 3 amide bonds. The van der Waals surface area contributed by atoms with Gasteiger partial charge in [0.2, 0.25) is 17.7 Å². The fraction of sp³-hybridized carbons (Fsp3) is 0.421. The molecule has 1 atom stereocenters. The number of halogens is 1. The molecule has 1 unspecified atom stereocenters. The number of anilines is 1. The van der Waals surface area contributed by atoms with Gasteiger partial charge < -0.3 is 14.7 Å². The maximum atomic E-state index is 13.4. The average molecular weight is 359 g/mol. The van der Waals surface area contributed by atoms with Crippen molar-refractivity contribution in [3.8, 4) is 0 Å². The first kappa shape index (κ1) is 18.1. The van der Waals surface area contributed by atoms with Gasteiger partial charge in [-0.3, -0.25) is 14.4 Å². The Labute approximate surface area is 151 Å². The van der Waals surface area contributed by atoms with Crippen LogP contribution in [-0.4, -0.2) is 60.2 Å². The molecule has 2 aliphatic rings. The second-order valence-corrected chi connectivity index (χ2v) is 6.61. The maximum Gasteiger partial charge on any atom is 0.246 e. The Morgan fingerprint density at radius 3 is 2.69 bits per heavy atom. The van der Waals surface area contributed by atoms with E-state index in [4.69, 9.17) is 0 Å². The molecular weight excluding hydrogens is 337 g/mol. The predicted octanol–water partition coefficient (Wildman–Crippen LogP) is 1.43. The van der Waals surface area contributed by atoms with E-state index in [0.29, 0.717) is 38.3 Å². The van der Waals surface area contributed by atoms with E-state index in [-0.39, 0.29) is 30.2 Å². The SMILES string of the molecule is C=CC(=O)N1CCCC(C(=O)N2CCN(c3cccc(F)c3)C(=O)C2)C1. The van der Waals surface area contributed by atoms with Gasteiger partial charge in [0.25, 0.3) is 0 Å². The Bertz CT molecular complexity index is 736. The molecule has 0 N–H and O–H groups in total. The van der Waals surface area contributed by atoms with E-state index in [9.17, 15) is 18.8 Å². The van der Waals surface area contributed by atoms with Crippen LogP contribution in [0.3, 0.4) is 0 Å². The van der Waals surface area contributed by atoms with Crippen LogP contribution in [0.2, 0.25) is 0 Å². The van der Waals surface area contributed by atoms with Crippen LogP contribution in [0.5, 0.6) is 0 Å². The first-order valence-electron chi connectivity index (χ1n) is 8.75. The zero-order chi connectivity index (χ0) is 18.7. The van der Waals surface area contributed by atoms with E-state index >= 15 is 0 Å². The number of likely N-dealkylation sites (tertiary alicyclic amines) is 1. The van der Waals surface area contributed by atoms with Crippen molar-refractivity contribution in [2.24, 2.45) is 5.92 Å². The summed E-state index contributed by atoms with van der Waals surface area (Å²) in [6.07, 6.45) is 2.72. The van der Waals surface area contributed by atoms with Gasteiger partial charge >= 0.3 is 0 Å². The van der Waals surface area contributed by atoms with Gasteiger partial charge in [0.15, 0.2) is 0 Å². The summed E-state index contributed by atoms with van der Waals surface area (Å²) in [4.78, 5) is 41.7. The fourth-order valence-corrected chi connectivity index (χ4v) is 3.54. The Morgan fingerprint density at radius 1 is 1.19 bits per heavy atom. The molecule has 2 heterocycles. The Balaban J connectivity index is 1.63. The number of nitrogens with zero attached hydrogens (tertiary/aromatic N) is 3. The van der Waals surface area contributed by atoms with Crippen molar-refractivity contribution in [3.63, 3.8) is 0 Å². The summed E-state index contributed by atoms with van der Waals surface area (Å²) in [5.41, 5.74) is 0.502. The number of rotatable bonds is 3. The molecule has 1 aromatic rings. The average Bonchev–Trinajstić information content (AvgIpc) is 2.66. The molecule has 0 aromatic heterocycles. The minimum Gasteiger partial charge on any atom is -0.338 e. The molecule has 0 radical (unpaired) electrons. The van der Waals surface area contributed by atoms with Crippen molar-refractivity contribution in [1.82, 2.24) is 9.80 Å². The van der Waals surface area contributed by atoms with Crippen molar-refractivity contribution in [3.05, 3.63) is 42.7 Å². The molecule has 0 spiro atoms. The second-order valence-electron chi connectivity index (χ2n) is 6.61. The summed E-state index contributed by atoms with van der Waals surface area (Å²) in [6, 6.07) is 5.88. The second kappa shape index (κ2) is 7.68. The van der Waals surface area contributed by atoms with Crippen molar-refractivity contribution in [2.45, 2.75) is 12.8 Å². The van der Waals surface area contributed by atoms with Crippen LogP contribution in [0.1, 0.15) is 12.8 Å². The number of amides is 3. The molecule has 1 aromatic carbocycles. The zero-order valence-corrected chi connectivity index (χ0v) is 14.6. The number of benzene rings is 1. The lowest BCUT2D eigenvalue weighted by Crippen LogP contribution is -2.55. The largest absolute Gasteiger partial charge is 0.338 e. The van der Waals surface area contributed by atoms with Gasteiger partial charge in [0.05, 0.1) is 5.92 Å². The maximum absolute atomic E-state index is 13.4. The Hall–Kier alpha value is -2.70. The van der Waals surface area contributed by atoms with E-state index in [2.05, 4.69) is 6.58 Å². The molecular formula is C19H22FN3O3. The molecule has 0 aliphatic carbocycles. The molecule has 3 rings (SSSR count). The van der Waals surface area contributed by atoms with Crippen LogP contribution in [-0.2, 0) is 14.4 Å². The summed E-state index contributed by atoms with van der Waals surface area (Å²) < 4.78 is 13.4. The van der Waals surface area contributed by atoms with Gasteiger partial charge in [-0.1, -0.05) is 12.6 Å². The molecule has 2 saturated heterocycles. The lowest BCUT2D eigenvalue weighted by molar-refractivity contribution is -0.143. The highest BCUT2D eigenvalue weighted by atomic mass is 19.1. The first-order chi connectivity index (χ1) is 12.5. The Morgan fingerprint density at radius 2 is 2.00 bits per heavy atom. The summed E-state index contributed by atoms with van der Waals surface area (Å²) in [6.45, 7) is 5.17. The number of hydrogen-bond donors (Lipinski definition) is 0. The minimum atomic E-state index is -0.400. The van der Waals surface area contributed by atoms with Crippen LogP contribution < -0.4 is 4.90 Å². The molecule has 26 heavy (non-hydrogen) atoms. The summed E-state index contributed by atoms with van der Waals surface area (Å²) in [7, 11) is 0. The zero-order valence-electron chi connectivity index (χ0n) is 14.6. The monoisotopic (exact) mass is 359 g/mol. The molecule has 6 nitrogen and oxygen atoms in total.